The van der Waals surface area contributed by atoms with E-state index in [-0.39, 0.29) is 12.0 Å². The first-order valence-corrected chi connectivity index (χ1v) is 15.5. The Morgan fingerprint density at radius 3 is 2.20 bits per heavy atom. The van der Waals surface area contributed by atoms with Gasteiger partial charge in [-0.2, -0.15) is 0 Å². The van der Waals surface area contributed by atoms with Gasteiger partial charge in [-0.15, -0.1) is 0 Å². The summed E-state index contributed by atoms with van der Waals surface area (Å²) in [5, 5.41) is 19.4. The Morgan fingerprint density at radius 1 is 0.850 bits per heavy atom. The Morgan fingerprint density at radius 2 is 1.55 bits per heavy atom. The van der Waals surface area contributed by atoms with E-state index in [1.54, 1.807) is 12.1 Å². The van der Waals surface area contributed by atoms with Crippen LogP contribution in [0, 0.1) is 17.8 Å². The minimum Gasteiger partial charge on any atom is -0.480 e. The van der Waals surface area contributed by atoms with Gasteiger partial charge in [0.25, 0.3) is 0 Å². The number of piperidine rings is 1. The number of carboxylic acid groups (broad SMARTS) is 2. The third-order valence-corrected chi connectivity index (χ3v) is 9.92. The van der Waals surface area contributed by atoms with E-state index in [2.05, 4.69) is 40.1 Å². The number of hydrogen-bond acceptors (Lipinski definition) is 4. The van der Waals surface area contributed by atoms with E-state index in [1.165, 1.54) is 49.7 Å². The maximum absolute atomic E-state index is 12.5. The van der Waals surface area contributed by atoms with Gasteiger partial charge >= 0.3 is 11.9 Å². The van der Waals surface area contributed by atoms with Gasteiger partial charge in [-0.05, 0) is 92.6 Å². The lowest BCUT2D eigenvalue weighted by Gasteiger charge is -2.35. The molecule has 3 atom stereocenters. The molecule has 2 N–H and O–H groups in total. The smallest absolute Gasteiger partial charge is 0.335 e. The highest BCUT2D eigenvalue weighted by molar-refractivity contribution is 5.87. The average molecular weight is 547 g/mol. The fourth-order valence-electron chi connectivity index (χ4n) is 7.70. The Balaban J connectivity index is 1.14. The van der Waals surface area contributed by atoms with Crippen molar-refractivity contribution in [1.82, 2.24) is 9.80 Å². The minimum absolute atomic E-state index is 0.285. The third-order valence-electron chi connectivity index (χ3n) is 9.92. The summed E-state index contributed by atoms with van der Waals surface area (Å²) in [6.45, 7) is 5.04. The number of aliphatic carboxylic acids is 1. The van der Waals surface area contributed by atoms with E-state index in [4.69, 9.17) is 5.11 Å². The fraction of sp³-hybridized carbons (Fsp3) is 0.588. The summed E-state index contributed by atoms with van der Waals surface area (Å²) in [4.78, 5) is 28.5. The monoisotopic (exact) mass is 546 g/mol. The van der Waals surface area contributed by atoms with Crippen molar-refractivity contribution in [3.8, 4) is 0 Å². The molecule has 6 heteroatoms. The van der Waals surface area contributed by atoms with Crippen molar-refractivity contribution < 1.29 is 19.8 Å². The highest BCUT2D eigenvalue weighted by Gasteiger charge is 2.43. The number of aryl methyl sites for hydroxylation is 1. The summed E-state index contributed by atoms with van der Waals surface area (Å²) in [7, 11) is 0. The van der Waals surface area contributed by atoms with Crippen LogP contribution in [0.4, 0.5) is 0 Å². The van der Waals surface area contributed by atoms with E-state index in [9.17, 15) is 14.7 Å². The van der Waals surface area contributed by atoms with Crippen molar-refractivity contribution in [2.24, 2.45) is 17.8 Å². The number of carbonyl (C=O) groups is 2. The van der Waals surface area contributed by atoms with Crippen LogP contribution in [0.15, 0.2) is 54.6 Å². The first-order chi connectivity index (χ1) is 19.5. The second kappa shape index (κ2) is 13.8. The molecule has 216 valence electrons. The van der Waals surface area contributed by atoms with Crippen LogP contribution in [0.25, 0.3) is 0 Å². The standard InChI is InChI=1S/C34H46N2O4/c37-33(38)29-16-14-25(15-17-29)8-7-9-26-18-20-35(21-19-26)22-30-23-36(24-31(30)27-10-3-1-4-11-27)32(34(39)40)28-12-5-2-6-13-28/h1,3-4,10-11,14-17,26,28,30-32H,2,5-9,12-13,18-24H2,(H,37,38)(H,39,40)/t30-,31+,32+/m0/s1. The van der Waals surface area contributed by atoms with Crippen LogP contribution >= 0.6 is 0 Å². The maximum Gasteiger partial charge on any atom is 0.335 e. The molecule has 0 unspecified atom stereocenters. The number of aromatic carboxylic acids is 1. The molecule has 3 fully saturated rings. The molecular formula is C34H46N2O4. The molecule has 0 bridgehead atoms. The van der Waals surface area contributed by atoms with E-state index < -0.39 is 11.9 Å². The van der Waals surface area contributed by atoms with Gasteiger partial charge in [0, 0.05) is 25.6 Å². The van der Waals surface area contributed by atoms with Crippen molar-refractivity contribution in [2.75, 3.05) is 32.7 Å². The minimum atomic E-state index is -0.871. The zero-order valence-electron chi connectivity index (χ0n) is 23.8. The molecule has 0 spiro atoms. The molecule has 2 aliphatic heterocycles. The van der Waals surface area contributed by atoms with Gasteiger partial charge in [0.2, 0.25) is 0 Å². The molecule has 0 radical (unpaired) electrons. The summed E-state index contributed by atoms with van der Waals surface area (Å²) in [5.74, 6) is 0.382. The summed E-state index contributed by atoms with van der Waals surface area (Å²) in [6, 6.07) is 17.7. The van der Waals surface area contributed by atoms with Crippen LogP contribution in [0.2, 0.25) is 0 Å². The molecule has 0 aromatic heterocycles. The topological polar surface area (TPSA) is 81.1 Å². The predicted octanol–water partition coefficient (Wildman–Crippen LogP) is 6.17. The molecule has 3 aliphatic rings. The predicted molar refractivity (Wildman–Crippen MR) is 158 cm³/mol. The second-order valence-electron chi connectivity index (χ2n) is 12.6. The van der Waals surface area contributed by atoms with Crippen LogP contribution in [0.1, 0.15) is 85.2 Å². The van der Waals surface area contributed by atoms with Crippen molar-refractivity contribution in [3.05, 3.63) is 71.3 Å². The normalized spacial score (nSPS) is 24.2. The highest BCUT2D eigenvalue weighted by Crippen LogP contribution is 2.38. The number of hydrogen-bond donors (Lipinski definition) is 2. The zero-order valence-corrected chi connectivity index (χ0v) is 23.8. The fourth-order valence-corrected chi connectivity index (χ4v) is 7.70. The summed E-state index contributed by atoms with van der Waals surface area (Å²) in [6.07, 6.45) is 11.5. The Bertz CT molecular complexity index is 1090. The molecule has 2 heterocycles. The molecular weight excluding hydrogens is 500 g/mol. The van der Waals surface area contributed by atoms with Crippen molar-refractivity contribution in [2.45, 2.75) is 76.2 Å². The zero-order chi connectivity index (χ0) is 27.9. The van der Waals surface area contributed by atoms with Gasteiger partial charge in [-0.25, -0.2) is 4.79 Å². The molecule has 6 nitrogen and oxygen atoms in total. The van der Waals surface area contributed by atoms with Crippen LogP contribution < -0.4 is 0 Å². The number of carboxylic acids is 2. The first-order valence-electron chi connectivity index (χ1n) is 15.5. The van der Waals surface area contributed by atoms with E-state index >= 15 is 0 Å². The van der Waals surface area contributed by atoms with Crippen LogP contribution in [-0.2, 0) is 11.2 Å². The van der Waals surface area contributed by atoms with Crippen LogP contribution in [0.3, 0.4) is 0 Å². The summed E-state index contributed by atoms with van der Waals surface area (Å²) >= 11 is 0. The van der Waals surface area contributed by atoms with Gasteiger partial charge in [0.15, 0.2) is 0 Å². The molecule has 5 rings (SSSR count). The molecule has 1 saturated carbocycles. The van der Waals surface area contributed by atoms with Crippen LogP contribution in [0.5, 0.6) is 0 Å². The molecule has 40 heavy (non-hydrogen) atoms. The number of nitrogens with zero attached hydrogens (tertiary/aromatic N) is 2. The maximum atomic E-state index is 12.5. The molecule has 2 saturated heterocycles. The van der Waals surface area contributed by atoms with Crippen LogP contribution in [-0.4, -0.2) is 70.7 Å². The van der Waals surface area contributed by atoms with Gasteiger partial charge in [-0.1, -0.05) is 68.1 Å². The number of likely N-dealkylation sites (tertiary alicyclic amines) is 2. The van der Waals surface area contributed by atoms with Gasteiger partial charge < -0.3 is 15.1 Å². The lowest BCUT2D eigenvalue weighted by molar-refractivity contribution is -0.145. The Hall–Kier alpha value is -2.70. The van der Waals surface area contributed by atoms with Gasteiger partial charge in [-0.3, -0.25) is 9.69 Å². The number of benzene rings is 2. The van der Waals surface area contributed by atoms with Crippen molar-refractivity contribution in [3.63, 3.8) is 0 Å². The largest absolute Gasteiger partial charge is 0.480 e. The lowest BCUT2D eigenvalue weighted by atomic mass is 9.83. The Kier molecular flexibility index (Phi) is 9.92. The Labute approximate surface area is 239 Å². The van der Waals surface area contributed by atoms with Crippen molar-refractivity contribution >= 4 is 11.9 Å². The summed E-state index contributed by atoms with van der Waals surface area (Å²) < 4.78 is 0. The van der Waals surface area contributed by atoms with E-state index in [0.717, 1.165) is 64.3 Å². The first kappa shape index (κ1) is 28.8. The molecule has 0 amide bonds. The van der Waals surface area contributed by atoms with Gasteiger partial charge in [0.05, 0.1) is 5.56 Å². The average Bonchev–Trinajstić information content (AvgIpc) is 3.38. The van der Waals surface area contributed by atoms with E-state index in [0.29, 0.717) is 17.4 Å². The lowest BCUT2D eigenvalue weighted by Crippen LogP contribution is -2.46. The quantitative estimate of drug-likeness (QED) is 0.351. The van der Waals surface area contributed by atoms with E-state index in [1.807, 2.05) is 12.1 Å². The second-order valence-corrected chi connectivity index (χ2v) is 12.6. The third kappa shape index (κ3) is 7.32. The van der Waals surface area contributed by atoms with Crippen molar-refractivity contribution in [1.29, 1.82) is 0 Å². The molecule has 2 aromatic rings. The molecule has 1 aliphatic carbocycles. The highest BCUT2D eigenvalue weighted by atomic mass is 16.4. The summed E-state index contributed by atoms with van der Waals surface area (Å²) in [5.41, 5.74) is 2.92. The number of rotatable bonds is 11. The molecule has 2 aromatic carbocycles. The van der Waals surface area contributed by atoms with Gasteiger partial charge in [0.1, 0.15) is 6.04 Å². The SMILES string of the molecule is O=C(O)c1ccc(CCCC2CCN(C[C@H]3CN([C@@H](C(=O)O)C4CCCCC4)C[C@@H]3c3ccccc3)CC2)cc1.